The van der Waals surface area contributed by atoms with Crippen LogP contribution in [0.5, 0.6) is 11.5 Å². The third-order valence-corrected chi connectivity index (χ3v) is 5.52. The molecule has 1 saturated heterocycles. The highest BCUT2D eigenvalue weighted by Gasteiger charge is 2.15. The summed E-state index contributed by atoms with van der Waals surface area (Å²) in [7, 11) is 1.32. The van der Waals surface area contributed by atoms with Crippen LogP contribution in [0.2, 0.25) is 0 Å². The molecule has 8 heteroatoms. The fourth-order valence-corrected chi connectivity index (χ4v) is 3.81. The normalized spacial score (nSPS) is 13.7. The highest BCUT2D eigenvalue weighted by Crippen LogP contribution is 2.24. The largest absolute Gasteiger partial charge is 0.492 e. The Kier molecular flexibility index (Phi) is 7.47. The minimum absolute atomic E-state index is 0.189. The number of furan rings is 1. The zero-order chi connectivity index (χ0) is 23.0. The minimum atomic E-state index is -0.476. The van der Waals surface area contributed by atoms with E-state index in [0.29, 0.717) is 23.5 Å². The molecule has 0 radical (unpaired) electrons. The zero-order valence-electron chi connectivity index (χ0n) is 18.7. The van der Waals surface area contributed by atoms with E-state index in [1.807, 2.05) is 18.2 Å². The number of methoxy groups -OCH3 is 1. The van der Waals surface area contributed by atoms with E-state index >= 15 is 0 Å². The summed E-state index contributed by atoms with van der Waals surface area (Å²) in [6.45, 7) is 4.28. The van der Waals surface area contributed by atoms with Gasteiger partial charge in [-0.1, -0.05) is 12.1 Å². The number of rotatable bonds is 10. The average molecular weight is 453 g/mol. The second-order valence-electron chi connectivity index (χ2n) is 7.80. The summed E-state index contributed by atoms with van der Waals surface area (Å²) in [5, 5.41) is 3.57. The summed E-state index contributed by atoms with van der Waals surface area (Å²) >= 11 is 0. The summed E-state index contributed by atoms with van der Waals surface area (Å²) in [4.78, 5) is 26.7. The maximum Gasteiger partial charge on any atom is 0.341 e. The number of ether oxygens (including phenoxy) is 3. The van der Waals surface area contributed by atoms with Crippen LogP contribution in [0.3, 0.4) is 0 Å². The molecular formula is C25H28N2O6. The summed E-state index contributed by atoms with van der Waals surface area (Å²) in [6, 6.07) is 14.0. The van der Waals surface area contributed by atoms with Crippen LogP contribution in [0, 0.1) is 0 Å². The predicted molar refractivity (Wildman–Crippen MR) is 123 cm³/mol. The van der Waals surface area contributed by atoms with Crippen LogP contribution < -0.4 is 14.8 Å². The second kappa shape index (κ2) is 10.9. The van der Waals surface area contributed by atoms with E-state index in [1.54, 1.807) is 30.3 Å². The van der Waals surface area contributed by atoms with Crippen LogP contribution in [0.4, 0.5) is 0 Å². The quantitative estimate of drug-likeness (QED) is 0.372. The fraction of sp³-hybridized carbons (Fsp3) is 0.360. The summed E-state index contributed by atoms with van der Waals surface area (Å²) < 4.78 is 21.9. The molecule has 1 aliphatic rings. The van der Waals surface area contributed by atoms with Gasteiger partial charge in [0.05, 0.1) is 13.7 Å². The van der Waals surface area contributed by atoms with Gasteiger partial charge in [-0.2, -0.15) is 0 Å². The van der Waals surface area contributed by atoms with Gasteiger partial charge in [0.25, 0.3) is 5.91 Å². The Labute approximate surface area is 192 Å². The number of likely N-dealkylation sites (tertiary alicyclic amines) is 1. The van der Waals surface area contributed by atoms with Crippen molar-refractivity contribution in [2.24, 2.45) is 0 Å². The van der Waals surface area contributed by atoms with Gasteiger partial charge >= 0.3 is 5.97 Å². The molecule has 174 valence electrons. The van der Waals surface area contributed by atoms with Crippen molar-refractivity contribution in [2.45, 2.75) is 12.8 Å². The van der Waals surface area contributed by atoms with Crippen molar-refractivity contribution < 1.29 is 28.2 Å². The number of fused-ring (bicyclic) bond motifs is 1. The Morgan fingerprint density at radius 1 is 1.03 bits per heavy atom. The predicted octanol–water partition coefficient (Wildman–Crippen LogP) is 3.50. The number of hydrogen-bond acceptors (Lipinski definition) is 7. The number of carbonyl (C=O) groups excluding carboxylic acids is 2. The number of esters is 1. The Bertz CT molecular complexity index is 1100. The molecule has 1 aromatic heterocycles. The summed E-state index contributed by atoms with van der Waals surface area (Å²) in [5.41, 5.74) is 0.956. The van der Waals surface area contributed by atoms with Crippen molar-refractivity contribution in [3.63, 3.8) is 0 Å². The van der Waals surface area contributed by atoms with Gasteiger partial charge in [0.1, 0.15) is 35.9 Å². The van der Waals surface area contributed by atoms with Crippen LogP contribution in [0.15, 0.2) is 52.9 Å². The smallest absolute Gasteiger partial charge is 0.341 e. The lowest BCUT2D eigenvalue weighted by molar-refractivity contribution is 0.0595. The first-order chi connectivity index (χ1) is 16.1. The number of nitrogens with zero attached hydrogens (tertiary/aromatic N) is 1. The van der Waals surface area contributed by atoms with Gasteiger partial charge in [0.15, 0.2) is 5.76 Å². The first-order valence-electron chi connectivity index (χ1n) is 11.1. The van der Waals surface area contributed by atoms with E-state index in [-0.39, 0.29) is 24.8 Å². The standard InChI is InChI=1S/C25H28N2O6/c1-30-25(29)20-6-2-3-7-22(20)32-14-10-26-24(28)23-17-18-16-19(8-9-21(18)33-23)31-15-13-27-11-4-5-12-27/h2-3,6-9,16-17H,4-5,10-15H2,1H3,(H,26,28). The van der Waals surface area contributed by atoms with Crippen LogP contribution in [-0.2, 0) is 4.74 Å². The lowest BCUT2D eigenvalue weighted by Crippen LogP contribution is -2.27. The third kappa shape index (κ3) is 5.84. The van der Waals surface area contributed by atoms with Crippen molar-refractivity contribution in [1.29, 1.82) is 0 Å². The molecule has 2 aromatic carbocycles. The highest BCUT2D eigenvalue weighted by atomic mass is 16.5. The molecule has 33 heavy (non-hydrogen) atoms. The Hall–Kier alpha value is -3.52. The van der Waals surface area contributed by atoms with Gasteiger partial charge in [0, 0.05) is 11.9 Å². The minimum Gasteiger partial charge on any atom is -0.492 e. The second-order valence-corrected chi connectivity index (χ2v) is 7.80. The molecule has 0 atom stereocenters. The zero-order valence-corrected chi connectivity index (χ0v) is 18.7. The molecule has 1 aliphatic heterocycles. The third-order valence-electron chi connectivity index (χ3n) is 5.52. The molecular weight excluding hydrogens is 424 g/mol. The molecule has 2 heterocycles. The van der Waals surface area contributed by atoms with Gasteiger partial charge in [-0.3, -0.25) is 9.69 Å². The number of nitrogens with one attached hydrogen (secondary N) is 1. The lowest BCUT2D eigenvalue weighted by Gasteiger charge is -2.14. The number of para-hydroxylation sites is 1. The fourth-order valence-electron chi connectivity index (χ4n) is 3.81. The monoisotopic (exact) mass is 452 g/mol. The van der Waals surface area contributed by atoms with Gasteiger partial charge in [-0.25, -0.2) is 4.79 Å². The van der Waals surface area contributed by atoms with Gasteiger partial charge in [-0.05, 0) is 62.3 Å². The van der Waals surface area contributed by atoms with E-state index in [9.17, 15) is 9.59 Å². The van der Waals surface area contributed by atoms with Crippen LogP contribution in [-0.4, -0.2) is 63.3 Å². The van der Waals surface area contributed by atoms with Crippen molar-refractivity contribution in [3.05, 3.63) is 59.9 Å². The van der Waals surface area contributed by atoms with Crippen molar-refractivity contribution in [2.75, 3.05) is 46.5 Å². The summed E-state index contributed by atoms with van der Waals surface area (Å²) in [5.74, 6) is 0.560. The maximum absolute atomic E-state index is 12.5. The molecule has 8 nitrogen and oxygen atoms in total. The molecule has 3 aromatic rings. The number of carbonyl (C=O) groups is 2. The van der Waals surface area contributed by atoms with E-state index in [2.05, 4.69) is 10.2 Å². The Morgan fingerprint density at radius 2 is 1.85 bits per heavy atom. The number of amides is 1. The first-order valence-corrected chi connectivity index (χ1v) is 11.1. The average Bonchev–Trinajstić information content (AvgIpc) is 3.51. The molecule has 4 rings (SSSR count). The Morgan fingerprint density at radius 3 is 2.67 bits per heavy atom. The van der Waals surface area contributed by atoms with Gasteiger partial charge < -0.3 is 23.9 Å². The van der Waals surface area contributed by atoms with E-state index in [0.717, 1.165) is 30.8 Å². The van der Waals surface area contributed by atoms with E-state index in [1.165, 1.54) is 20.0 Å². The van der Waals surface area contributed by atoms with Crippen LogP contribution in [0.1, 0.15) is 33.8 Å². The van der Waals surface area contributed by atoms with Gasteiger partial charge in [0.2, 0.25) is 0 Å². The number of benzene rings is 2. The molecule has 0 unspecified atom stereocenters. The molecule has 0 saturated carbocycles. The van der Waals surface area contributed by atoms with E-state index in [4.69, 9.17) is 18.6 Å². The molecule has 0 spiro atoms. The molecule has 1 fully saturated rings. The van der Waals surface area contributed by atoms with Gasteiger partial charge in [-0.15, -0.1) is 0 Å². The molecule has 0 aliphatic carbocycles. The summed E-state index contributed by atoms with van der Waals surface area (Å²) in [6.07, 6.45) is 2.53. The maximum atomic E-state index is 12.5. The SMILES string of the molecule is COC(=O)c1ccccc1OCCNC(=O)c1cc2cc(OCCN3CCCC3)ccc2o1. The highest BCUT2D eigenvalue weighted by molar-refractivity contribution is 5.96. The van der Waals surface area contributed by atoms with Crippen LogP contribution in [0.25, 0.3) is 11.0 Å². The molecule has 1 amide bonds. The van der Waals surface area contributed by atoms with Crippen molar-refractivity contribution in [1.82, 2.24) is 10.2 Å². The molecule has 1 N–H and O–H groups in total. The number of hydrogen-bond donors (Lipinski definition) is 1. The lowest BCUT2D eigenvalue weighted by atomic mass is 10.2. The topological polar surface area (TPSA) is 90.2 Å². The first kappa shape index (κ1) is 22.7. The van der Waals surface area contributed by atoms with E-state index < -0.39 is 5.97 Å². The molecule has 0 bridgehead atoms. The van der Waals surface area contributed by atoms with Crippen LogP contribution >= 0.6 is 0 Å². The van der Waals surface area contributed by atoms with Crippen molar-refractivity contribution in [3.8, 4) is 11.5 Å². The Balaban J connectivity index is 1.27. The van der Waals surface area contributed by atoms with Crippen molar-refractivity contribution >= 4 is 22.8 Å².